The van der Waals surface area contributed by atoms with E-state index in [0.717, 1.165) is 12.8 Å². The fourth-order valence-corrected chi connectivity index (χ4v) is 3.42. The first kappa shape index (κ1) is 23.9. The largest absolute Gasteiger partial charge is 0.330 e. The molecule has 146 valence electrons. The van der Waals surface area contributed by atoms with Gasteiger partial charge in [-0.15, -0.1) is 0 Å². The summed E-state index contributed by atoms with van der Waals surface area (Å²) in [6.45, 7) is 2.55. The van der Waals surface area contributed by atoms with Crippen molar-refractivity contribution < 1.29 is 4.39 Å². The van der Waals surface area contributed by atoms with E-state index < -0.39 is 0 Å². The van der Waals surface area contributed by atoms with Crippen LogP contribution in [0.2, 0.25) is 0 Å². The van der Waals surface area contributed by atoms with Crippen LogP contribution in [0.5, 0.6) is 0 Å². The Kier molecular flexibility index (Phi) is 20.8. The molecular weight excluding hydrogens is 297 g/mol. The number of unbranched alkanes of at least 4 members (excludes halogenated alkanes) is 16. The summed E-state index contributed by atoms with van der Waals surface area (Å²) in [6.07, 6.45) is 24.7. The highest BCUT2D eigenvalue weighted by atomic mass is 19.1. The Labute approximate surface area is 152 Å². The molecule has 1 unspecified atom stereocenters. The van der Waals surface area contributed by atoms with E-state index in [4.69, 9.17) is 5.73 Å². The third-order valence-corrected chi connectivity index (χ3v) is 5.27. The van der Waals surface area contributed by atoms with Crippen LogP contribution in [0.4, 0.5) is 4.39 Å². The van der Waals surface area contributed by atoms with E-state index in [-0.39, 0.29) is 12.6 Å². The van der Waals surface area contributed by atoms with Gasteiger partial charge >= 0.3 is 0 Å². The van der Waals surface area contributed by atoms with Gasteiger partial charge in [-0.2, -0.15) is 0 Å². The minimum absolute atomic E-state index is 0.112. The summed E-state index contributed by atoms with van der Waals surface area (Å²) in [6, 6.07) is 0. The van der Waals surface area contributed by atoms with Gasteiger partial charge in [0.05, 0.1) is 6.67 Å². The molecule has 0 fully saturated rings. The van der Waals surface area contributed by atoms with Gasteiger partial charge in [-0.3, -0.25) is 4.39 Å². The SMILES string of the molecule is CCCCCCCCCCCCCCCCCCCC(CN)CF. The fourth-order valence-electron chi connectivity index (χ4n) is 3.42. The van der Waals surface area contributed by atoms with Crippen molar-refractivity contribution in [2.45, 2.75) is 122 Å². The number of hydrogen-bond donors (Lipinski definition) is 1. The molecule has 1 nitrogen and oxygen atoms in total. The van der Waals surface area contributed by atoms with Gasteiger partial charge in [0.2, 0.25) is 0 Å². The van der Waals surface area contributed by atoms with Crippen LogP contribution in [-0.2, 0) is 0 Å². The van der Waals surface area contributed by atoms with E-state index in [1.807, 2.05) is 0 Å². The van der Waals surface area contributed by atoms with Crippen molar-refractivity contribution >= 4 is 0 Å². The van der Waals surface area contributed by atoms with Crippen molar-refractivity contribution in [3.05, 3.63) is 0 Å². The maximum atomic E-state index is 12.5. The van der Waals surface area contributed by atoms with Crippen molar-refractivity contribution in [3.8, 4) is 0 Å². The zero-order valence-electron chi connectivity index (χ0n) is 16.7. The Morgan fingerprint density at radius 2 is 0.917 bits per heavy atom. The maximum absolute atomic E-state index is 12.5. The molecule has 0 aromatic carbocycles. The van der Waals surface area contributed by atoms with Gasteiger partial charge < -0.3 is 5.73 Å². The number of alkyl halides is 1. The summed E-state index contributed by atoms with van der Waals surface area (Å²) in [5.74, 6) is 0.112. The molecule has 0 aromatic rings. The Balaban J connectivity index is 3.03. The molecule has 0 radical (unpaired) electrons. The van der Waals surface area contributed by atoms with Crippen LogP contribution >= 0.6 is 0 Å². The summed E-state index contributed by atoms with van der Waals surface area (Å²) in [5.41, 5.74) is 5.51. The smallest absolute Gasteiger partial charge is 0.0934 e. The molecular formula is C22H46FN. The fraction of sp³-hybridized carbons (Fsp3) is 1.00. The molecule has 0 saturated heterocycles. The molecule has 2 heteroatoms. The maximum Gasteiger partial charge on any atom is 0.0934 e. The van der Waals surface area contributed by atoms with Gasteiger partial charge in [-0.25, -0.2) is 0 Å². The molecule has 2 N–H and O–H groups in total. The first-order valence-corrected chi connectivity index (χ1v) is 11.1. The molecule has 0 amide bonds. The predicted octanol–water partition coefficient (Wildman–Crippen LogP) is 7.57. The van der Waals surface area contributed by atoms with E-state index in [9.17, 15) is 4.39 Å². The highest BCUT2D eigenvalue weighted by Gasteiger charge is 2.04. The lowest BCUT2D eigenvalue weighted by molar-refractivity contribution is 0.340. The van der Waals surface area contributed by atoms with Gasteiger partial charge in [-0.05, 0) is 18.9 Å². The van der Waals surface area contributed by atoms with E-state index in [0.29, 0.717) is 6.54 Å². The zero-order valence-corrected chi connectivity index (χ0v) is 16.7. The van der Waals surface area contributed by atoms with Gasteiger partial charge in [0.25, 0.3) is 0 Å². The monoisotopic (exact) mass is 343 g/mol. The van der Waals surface area contributed by atoms with Gasteiger partial charge in [0, 0.05) is 0 Å². The lowest BCUT2D eigenvalue weighted by Crippen LogP contribution is -2.15. The van der Waals surface area contributed by atoms with Crippen LogP contribution in [0.25, 0.3) is 0 Å². The summed E-state index contributed by atoms with van der Waals surface area (Å²) in [5, 5.41) is 0. The zero-order chi connectivity index (χ0) is 17.7. The second-order valence-corrected chi connectivity index (χ2v) is 7.70. The minimum Gasteiger partial charge on any atom is -0.330 e. The summed E-state index contributed by atoms with van der Waals surface area (Å²) < 4.78 is 12.5. The Morgan fingerprint density at radius 1 is 0.583 bits per heavy atom. The standard InChI is InChI=1S/C22H46FN/c1-2-3-4-5-6-7-8-9-10-11-12-13-14-15-16-17-18-19-22(20-23)21-24/h22H,2-21,24H2,1H3. The highest BCUT2D eigenvalue weighted by Crippen LogP contribution is 2.15. The Morgan fingerprint density at radius 3 is 1.21 bits per heavy atom. The second-order valence-electron chi connectivity index (χ2n) is 7.70. The molecule has 1 atom stereocenters. The molecule has 0 bridgehead atoms. The van der Waals surface area contributed by atoms with Crippen LogP contribution in [0.1, 0.15) is 122 Å². The van der Waals surface area contributed by atoms with E-state index >= 15 is 0 Å². The predicted molar refractivity (Wildman–Crippen MR) is 107 cm³/mol. The molecule has 0 aliphatic rings. The average molecular weight is 344 g/mol. The third-order valence-electron chi connectivity index (χ3n) is 5.27. The first-order valence-electron chi connectivity index (χ1n) is 11.1. The second kappa shape index (κ2) is 20.9. The average Bonchev–Trinajstić information content (AvgIpc) is 2.61. The Hall–Kier alpha value is -0.110. The van der Waals surface area contributed by atoms with E-state index in [1.165, 1.54) is 103 Å². The molecule has 24 heavy (non-hydrogen) atoms. The highest BCUT2D eigenvalue weighted by molar-refractivity contribution is 4.58. The molecule has 0 aromatic heterocycles. The third kappa shape index (κ3) is 18.2. The lowest BCUT2D eigenvalue weighted by atomic mass is 10.0. The van der Waals surface area contributed by atoms with E-state index in [2.05, 4.69) is 6.92 Å². The number of rotatable bonds is 20. The van der Waals surface area contributed by atoms with Crippen LogP contribution in [-0.4, -0.2) is 13.2 Å². The van der Waals surface area contributed by atoms with Crippen LogP contribution in [0.3, 0.4) is 0 Å². The van der Waals surface area contributed by atoms with Crippen molar-refractivity contribution in [1.29, 1.82) is 0 Å². The van der Waals surface area contributed by atoms with Gasteiger partial charge in [0.1, 0.15) is 0 Å². The summed E-state index contributed by atoms with van der Waals surface area (Å²) >= 11 is 0. The quantitative estimate of drug-likeness (QED) is 0.227. The van der Waals surface area contributed by atoms with Crippen molar-refractivity contribution in [2.24, 2.45) is 11.7 Å². The molecule has 0 heterocycles. The topological polar surface area (TPSA) is 26.0 Å². The summed E-state index contributed by atoms with van der Waals surface area (Å²) in [4.78, 5) is 0. The van der Waals surface area contributed by atoms with E-state index in [1.54, 1.807) is 0 Å². The number of halogens is 1. The van der Waals surface area contributed by atoms with Crippen molar-refractivity contribution in [3.63, 3.8) is 0 Å². The van der Waals surface area contributed by atoms with Gasteiger partial charge in [-0.1, -0.05) is 116 Å². The van der Waals surface area contributed by atoms with Crippen molar-refractivity contribution in [2.75, 3.05) is 13.2 Å². The molecule has 0 spiro atoms. The molecule has 0 saturated carbocycles. The lowest BCUT2D eigenvalue weighted by Gasteiger charge is -2.09. The van der Waals surface area contributed by atoms with Crippen LogP contribution in [0, 0.1) is 5.92 Å². The van der Waals surface area contributed by atoms with Crippen molar-refractivity contribution in [1.82, 2.24) is 0 Å². The normalized spacial score (nSPS) is 12.6. The van der Waals surface area contributed by atoms with Crippen LogP contribution < -0.4 is 5.73 Å². The van der Waals surface area contributed by atoms with Crippen LogP contribution in [0.15, 0.2) is 0 Å². The molecule has 0 aliphatic heterocycles. The van der Waals surface area contributed by atoms with Gasteiger partial charge in [0.15, 0.2) is 0 Å². The summed E-state index contributed by atoms with van der Waals surface area (Å²) in [7, 11) is 0. The Bertz CT molecular complexity index is 216. The molecule has 0 aliphatic carbocycles. The molecule has 0 rings (SSSR count). The minimum atomic E-state index is -0.241. The first-order chi connectivity index (χ1) is 11.8. The number of hydrogen-bond acceptors (Lipinski definition) is 1. The number of nitrogens with two attached hydrogens (primary N) is 1.